The van der Waals surface area contributed by atoms with Crippen LogP contribution in [0.1, 0.15) is 44.6 Å². The van der Waals surface area contributed by atoms with Crippen LogP contribution in [-0.2, 0) is 5.92 Å². The third-order valence-electron chi connectivity index (χ3n) is 3.62. The van der Waals surface area contributed by atoms with Crippen molar-refractivity contribution in [3.05, 3.63) is 28.2 Å². The van der Waals surface area contributed by atoms with E-state index in [1.165, 1.54) is 25.3 Å². The highest BCUT2D eigenvalue weighted by Gasteiger charge is 2.29. The van der Waals surface area contributed by atoms with Gasteiger partial charge in [-0.15, -0.1) is 0 Å². The molecule has 1 aromatic carbocycles. The molecule has 19 heavy (non-hydrogen) atoms. The third kappa shape index (κ3) is 4.16. The zero-order chi connectivity index (χ0) is 13.9. The van der Waals surface area contributed by atoms with Gasteiger partial charge in [0.15, 0.2) is 0 Å². The quantitative estimate of drug-likeness (QED) is 0.705. The summed E-state index contributed by atoms with van der Waals surface area (Å²) >= 11 is 3.30. The lowest BCUT2D eigenvalue weighted by atomic mass is 9.90. The number of hydrogen-bond acceptors (Lipinski definition) is 1. The Morgan fingerprint density at radius 2 is 1.95 bits per heavy atom. The van der Waals surface area contributed by atoms with E-state index in [1.807, 2.05) is 0 Å². The summed E-state index contributed by atoms with van der Waals surface area (Å²) in [5, 5.41) is 0. The molecule has 106 valence electrons. The molecule has 0 aliphatic heterocycles. The van der Waals surface area contributed by atoms with E-state index in [4.69, 9.17) is 4.74 Å². The summed E-state index contributed by atoms with van der Waals surface area (Å²) in [5.74, 6) is -2.07. The number of benzene rings is 1. The lowest BCUT2D eigenvalue weighted by molar-refractivity contribution is 0.0138. The molecule has 0 atom stereocenters. The van der Waals surface area contributed by atoms with E-state index in [1.54, 1.807) is 12.1 Å². The van der Waals surface area contributed by atoms with Crippen molar-refractivity contribution in [2.45, 2.75) is 45.0 Å². The van der Waals surface area contributed by atoms with E-state index in [9.17, 15) is 8.78 Å². The molecular formula is C15H19BrF2O. The van der Waals surface area contributed by atoms with Gasteiger partial charge in [0.25, 0.3) is 5.92 Å². The molecule has 2 rings (SSSR count). The fraction of sp³-hybridized carbons (Fsp3) is 0.600. The summed E-state index contributed by atoms with van der Waals surface area (Å²) in [6.45, 7) is 1.45. The molecule has 1 aromatic rings. The number of halogens is 3. The first-order chi connectivity index (χ1) is 8.97. The summed E-state index contributed by atoms with van der Waals surface area (Å²) in [6, 6.07) is 4.69. The minimum Gasteiger partial charge on any atom is -0.493 e. The average molecular weight is 333 g/mol. The minimum absolute atomic E-state index is 0.0356. The van der Waals surface area contributed by atoms with E-state index in [0.29, 0.717) is 18.3 Å². The predicted molar refractivity (Wildman–Crippen MR) is 75.8 cm³/mol. The molecule has 0 spiro atoms. The van der Waals surface area contributed by atoms with E-state index in [-0.39, 0.29) is 5.56 Å². The minimum atomic E-state index is -2.87. The van der Waals surface area contributed by atoms with Gasteiger partial charge in [0.1, 0.15) is 5.75 Å². The maximum absolute atomic E-state index is 13.5. The summed E-state index contributed by atoms with van der Waals surface area (Å²) in [4.78, 5) is 0. The molecule has 4 heteroatoms. The average Bonchev–Trinajstić information content (AvgIpc) is 2.36. The van der Waals surface area contributed by atoms with Gasteiger partial charge in [-0.2, -0.15) is 0 Å². The summed E-state index contributed by atoms with van der Waals surface area (Å²) in [5.41, 5.74) is -0.0356. The maximum atomic E-state index is 13.5. The molecule has 0 bridgehead atoms. The number of rotatable bonds is 4. The van der Waals surface area contributed by atoms with Gasteiger partial charge in [-0.25, -0.2) is 8.78 Å². The Morgan fingerprint density at radius 1 is 1.26 bits per heavy atom. The first-order valence-electron chi connectivity index (χ1n) is 6.77. The highest BCUT2D eigenvalue weighted by molar-refractivity contribution is 9.10. The Hall–Kier alpha value is -0.640. The van der Waals surface area contributed by atoms with Crippen molar-refractivity contribution < 1.29 is 13.5 Å². The van der Waals surface area contributed by atoms with Gasteiger partial charge in [0.2, 0.25) is 0 Å². The number of alkyl halides is 2. The van der Waals surface area contributed by atoms with Crippen molar-refractivity contribution in [2.24, 2.45) is 5.92 Å². The standard InChI is InChI=1S/C15H19BrF2O/c1-15(17,18)13-8-7-12(16)9-14(13)19-10-11-5-3-2-4-6-11/h7-9,11H,2-6,10H2,1H3. The maximum Gasteiger partial charge on any atom is 0.274 e. The van der Waals surface area contributed by atoms with Gasteiger partial charge in [0.05, 0.1) is 12.2 Å². The molecule has 1 aliphatic carbocycles. The van der Waals surface area contributed by atoms with Crippen molar-refractivity contribution in [3.8, 4) is 5.75 Å². The Kier molecular flexibility index (Phi) is 4.82. The first-order valence-corrected chi connectivity index (χ1v) is 7.57. The fourth-order valence-electron chi connectivity index (χ4n) is 2.54. The molecule has 1 fully saturated rings. The zero-order valence-corrected chi connectivity index (χ0v) is 12.7. The smallest absolute Gasteiger partial charge is 0.274 e. The van der Waals surface area contributed by atoms with Crippen LogP contribution in [0.2, 0.25) is 0 Å². The van der Waals surface area contributed by atoms with Gasteiger partial charge < -0.3 is 4.74 Å². The molecule has 0 radical (unpaired) electrons. The second-order valence-corrected chi connectivity index (χ2v) is 6.26. The van der Waals surface area contributed by atoms with E-state index in [2.05, 4.69) is 15.9 Å². The lowest BCUT2D eigenvalue weighted by Crippen LogP contribution is -2.17. The molecule has 0 unspecified atom stereocenters. The van der Waals surface area contributed by atoms with Crippen molar-refractivity contribution in [1.29, 1.82) is 0 Å². The van der Waals surface area contributed by atoms with E-state index >= 15 is 0 Å². The van der Waals surface area contributed by atoms with Crippen LogP contribution in [0.3, 0.4) is 0 Å². The number of hydrogen-bond donors (Lipinski definition) is 0. The van der Waals surface area contributed by atoms with Crippen LogP contribution >= 0.6 is 15.9 Å². The van der Waals surface area contributed by atoms with Crippen molar-refractivity contribution >= 4 is 15.9 Å². The van der Waals surface area contributed by atoms with E-state index in [0.717, 1.165) is 24.2 Å². The fourth-order valence-corrected chi connectivity index (χ4v) is 2.88. The molecule has 1 aliphatic rings. The monoisotopic (exact) mass is 332 g/mol. The molecule has 1 saturated carbocycles. The van der Waals surface area contributed by atoms with Crippen LogP contribution in [0.4, 0.5) is 8.78 Å². The van der Waals surface area contributed by atoms with Crippen LogP contribution in [0.5, 0.6) is 5.75 Å². The van der Waals surface area contributed by atoms with Gasteiger partial charge in [-0.3, -0.25) is 0 Å². The molecule has 0 aromatic heterocycles. The summed E-state index contributed by atoms with van der Waals surface area (Å²) in [7, 11) is 0. The van der Waals surface area contributed by atoms with Gasteiger partial charge >= 0.3 is 0 Å². The topological polar surface area (TPSA) is 9.23 Å². The van der Waals surface area contributed by atoms with Crippen LogP contribution in [0.25, 0.3) is 0 Å². The second kappa shape index (κ2) is 6.21. The molecular weight excluding hydrogens is 314 g/mol. The summed E-state index contributed by atoms with van der Waals surface area (Å²) < 4.78 is 33.5. The van der Waals surface area contributed by atoms with Crippen LogP contribution < -0.4 is 4.74 Å². The molecule has 0 heterocycles. The first kappa shape index (κ1) is 14.8. The van der Waals surface area contributed by atoms with E-state index < -0.39 is 5.92 Å². The van der Waals surface area contributed by atoms with Crippen molar-refractivity contribution in [1.82, 2.24) is 0 Å². The highest BCUT2D eigenvalue weighted by atomic mass is 79.9. The van der Waals surface area contributed by atoms with Gasteiger partial charge in [-0.1, -0.05) is 35.2 Å². The molecule has 0 N–H and O–H groups in total. The third-order valence-corrected chi connectivity index (χ3v) is 4.11. The van der Waals surface area contributed by atoms with Gasteiger partial charge in [0, 0.05) is 11.4 Å². The molecule has 0 saturated heterocycles. The number of ether oxygens (including phenoxy) is 1. The van der Waals surface area contributed by atoms with Crippen molar-refractivity contribution in [2.75, 3.05) is 6.61 Å². The predicted octanol–water partition coefficient (Wildman–Crippen LogP) is 5.52. The van der Waals surface area contributed by atoms with Crippen LogP contribution in [0, 0.1) is 5.92 Å². The molecule has 1 nitrogen and oxygen atoms in total. The Labute approximate surface area is 121 Å². The Morgan fingerprint density at radius 3 is 2.58 bits per heavy atom. The van der Waals surface area contributed by atoms with Gasteiger partial charge in [-0.05, 0) is 37.0 Å². The van der Waals surface area contributed by atoms with Crippen molar-refractivity contribution in [3.63, 3.8) is 0 Å². The highest BCUT2D eigenvalue weighted by Crippen LogP contribution is 2.37. The second-order valence-electron chi connectivity index (χ2n) is 5.34. The molecule has 0 amide bonds. The normalized spacial score (nSPS) is 17.5. The van der Waals surface area contributed by atoms with Crippen LogP contribution in [0.15, 0.2) is 22.7 Å². The lowest BCUT2D eigenvalue weighted by Gasteiger charge is -2.23. The Balaban J connectivity index is 2.07. The summed E-state index contributed by atoms with van der Waals surface area (Å²) in [6.07, 6.45) is 6.02. The van der Waals surface area contributed by atoms with Crippen LogP contribution in [-0.4, -0.2) is 6.61 Å². The largest absolute Gasteiger partial charge is 0.493 e. The SMILES string of the molecule is CC(F)(F)c1ccc(Br)cc1OCC1CCCCC1. The Bertz CT molecular complexity index is 423. The zero-order valence-electron chi connectivity index (χ0n) is 11.1.